The molecule has 1 N–H and O–H groups in total. The molecule has 0 heterocycles. The van der Waals surface area contributed by atoms with Gasteiger partial charge in [-0.05, 0) is 69.2 Å². The van der Waals surface area contributed by atoms with Gasteiger partial charge in [0, 0.05) is 17.6 Å². The predicted molar refractivity (Wildman–Crippen MR) is 152 cm³/mol. The zero-order valence-corrected chi connectivity index (χ0v) is 23.7. The summed E-state index contributed by atoms with van der Waals surface area (Å²) >= 11 is 5.98. The standard InChI is InChI=1S/C29H34ClN3O4S/c1-5-27(29(35)31-21(2)3)32(19-23-13-11-22(4)12-14-23)28(34)20-33(25-9-7-6-8-10-25)38(36,37)26-17-15-24(30)16-18-26/h6-18,21,27H,5,19-20H2,1-4H3,(H,31,35). The first-order valence-corrected chi connectivity index (χ1v) is 14.3. The van der Waals surface area contributed by atoms with E-state index in [1.54, 1.807) is 30.3 Å². The molecule has 2 amide bonds. The molecule has 0 aromatic heterocycles. The third-order valence-corrected chi connectivity index (χ3v) is 8.06. The van der Waals surface area contributed by atoms with Crippen molar-refractivity contribution >= 4 is 39.1 Å². The molecule has 0 aliphatic heterocycles. The Morgan fingerprint density at radius 3 is 2.08 bits per heavy atom. The quantitative estimate of drug-likeness (QED) is 0.353. The fraction of sp³-hybridized carbons (Fsp3) is 0.310. The highest BCUT2D eigenvalue weighted by Gasteiger charge is 2.33. The number of nitrogens with one attached hydrogen (secondary N) is 1. The Hall–Kier alpha value is -3.36. The van der Waals surface area contributed by atoms with Gasteiger partial charge in [0.2, 0.25) is 11.8 Å². The van der Waals surface area contributed by atoms with Crippen LogP contribution in [0.3, 0.4) is 0 Å². The number of hydrogen-bond acceptors (Lipinski definition) is 4. The summed E-state index contributed by atoms with van der Waals surface area (Å²) < 4.78 is 28.6. The van der Waals surface area contributed by atoms with Crippen LogP contribution in [0.5, 0.6) is 0 Å². The van der Waals surface area contributed by atoms with Crippen LogP contribution in [0.15, 0.2) is 83.8 Å². The maximum Gasteiger partial charge on any atom is 0.264 e. The molecule has 0 aliphatic rings. The van der Waals surface area contributed by atoms with Crippen LogP contribution in [0.2, 0.25) is 5.02 Å². The van der Waals surface area contributed by atoms with Crippen LogP contribution in [0.1, 0.15) is 38.3 Å². The number of amides is 2. The third-order valence-electron chi connectivity index (χ3n) is 6.02. The van der Waals surface area contributed by atoms with Gasteiger partial charge in [-0.2, -0.15) is 0 Å². The topological polar surface area (TPSA) is 86.8 Å². The van der Waals surface area contributed by atoms with Crippen LogP contribution in [0.4, 0.5) is 5.69 Å². The number of anilines is 1. The molecule has 3 aromatic carbocycles. The van der Waals surface area contributed by atoms with Crippen molar-refractivity contribution in [1.29, 1.82) is 0 Å². The van der Waals surface area contributed by atoms with Crippen molar-refractivity contribution in [3.05, 3.63) is 95.0 Å². The molecule has 7 nitrogen and oxygen atoms in total. The third kappa shape index (κ3) is 7.36. The van der Waals surface area contributed by atoms with E-state index in [2.05, 4.69) is 5.32 Å². The van der Waals surface area contributed by atoms with Gasteiger partial charge in [-0.25, -0.2) is 8.42 Å². The molecule has 0 radical (unpaired) electrons. The maximum absolute atomic E-state index is 13.9. The second-order valence-corrected chi connectivity index (χ2v) is 11.7. The number of para-hydroxylation sites is 1. The summed E-state index contributed by atoms with van der Waals surface area (Å²) in [5.74, 6) is -0.771. The Bertz CT molecular complexity index is 1330. The minimum absolute atomic E-state index is 0.00762. The molecule has 9 heteroatoms. The molecule has 0 saturated carbocycles. The molecule has 38 heavy (non-hydrogen) atoms. The number of halogens is 1. The number of carbonyl (C=O) groups is 2. The van der Waals surface area contributed by atoms with Crippen LogP contribution in [-0.2, 0) is 26.2 Å². The van der Waals surface area contributed by atoms with E-state index in [0.29, 0.717) is 17.1 Å². The second kappa shape index (κ2) is 12.9. The number of carbonyl (C=O) groups excluding carboxylic acids is 2. The number of sulfonamides is 1. The van der Waals surface area contributed by atoms with E-state index >= 15 is 0 Å². The summed E-state index contributed by atoms with van der Waals surface area (Å²) in [6.45, 7) is 7.19. The van der Waals surface area contributed by atoms with Gasteiger partial charge in [0.1, 0.15) is 12.6 Å². The van der Waals surface area contributed by atoms with Gasteiger partial charge in [-0.3, -0.25) is 13.9 Å². The maximum atomic E-state index is 13.9. The lowest BCUT2D eigenvalue weighted by atomic mass is 10.1. The molecule has 0 spiro atoms. The molecule has 0 fully saturated rings. The van der Waals surface area contributed by atoms with Gasteiger partial charge in [-0.1, -0.05) is 66.6 Å². The highest BCUT2D eigenvalue weighted by molar-refractivity contribution is 7.92. The molecule has 0 aliphatic carbocycles. The largest absolute Gasteiger partial charge is 0.352 e. The average molecular weight is 556 g/mol. The summed E-state index contributed by atoms with van der Waals surface area (Å²) in [5.41, 5.74) is 2.25. The number of hydrogen-bond donors (Lipinski definition) is 1. The monoisotopic (exact) mass is 555 g/mol. The van der Waals surface area contributed by atoms with Crippen LogP contribution in [-0.4, -0.2) is 43.8 Å². The van der Waals surface area contributed by atoms with E-state index in [1.807, 2.05) is 52.0 Å². The van der Waals surface area contributed by atoms with Gasteiger partial charge in [-0.15, -0.1) is 0 Å². The Balaban J connectivity index is 2.03. The Labute approximate surface area is 230 Å². The first kappa shape index (κ1) is 29.2. The van der Waals surface area contributed by atoms with Crippen LogP contribution >= 0.6 is 11.6 Å². The van der Waals surface area contributed by atoms with Crippen molar-refractivity contribution in [1.82, 2.24) is 10.2 Å². The number of aryl methyl sites for hydroxylation is 1. The normalized spacial score (nSPS) is 12.2. The van der Waals surface area contributed by atoms with Crippen LogP contribution in [0, 0.1) is 6.92 Å². The van der Waals surface area contributed by atoms with Gasteiger partial charge in [0.25, 0.3) is 10.0 Å². The van der Waals surface area contributed by atoms with Gasteiger partial charge < -0.3 is 10.2 Å². The zero-order chi connectivity index (χ0) is 27.9. The van der Waals surface area contributed by atoms with E-state index in [9.17, 15) is 18.0 Å². The summed E-state index contributed by atoms with van der Waals surface area (Å²) in [6.07, 6.45) is 0.366. The molecule has 3 aromatic rings. The van der Waals surface area contributed by atoms with Crippen molar-refractivity contribution < 1.29 is 18.0 Å². The summed E-state index contributed by atoms with van der Waals surface area (Å²) in [6, 6.07) is 21.1. The minimum Gasteiger partial charge on any atom is -0.352 e. The average Bonchev–Trinajstić information content (AvgIpc) is 2.88. The van der Waals surface area contributed by atoms with Gasteiger partial charge in [0.05, 0.1) is 10.6 Å². The van der Waals surface area contributed by atoms with Crippen molar-refractivity contribution in [3.8, 4) is 0 Å². The molecule has 0 saturated heterocycles. The summed E-state index contributed by atoms with van der Waals surface area (Å²) in [5, 5.41) is 3.29. The zero-order valence-electron chi connectivity index (χ0n) is 22.1. The lowest BCUT2D eigenvalue weighted by Gasteiger charge is -2.33. The highest BCUT2D eigenvalue weighted by atomic mass is 35.5. The Morgan fingerprint density at radius 1 is 0.921 bits per heavy atom. The Morgan fingerprint density at radius 2 is 1.53 bits per heavy atom. The molecule has 0 bridgehead atoms. The molecular weight excluding hydrogens is 522 g/mol. The first-order valence-electron chi connectivity index (χ1n) is 12.5. The minimum atomic E-state index is -4.12. The molecule has 1 unspecified atom stereocenters. The van der Waals surface area contributed by atoms with E-state index in [0.717, 1.165) is 15.4 Å². The first-order chi connectivity index (χ1) is 18.0. The van der Waals surface area contributed by atoms with Crippen molar-refractivity contribution in [2.75, 3.05) is 10.8 Å². The molecule has 3 rings (SSSR count). The molecule has 202 valence electrons. The number of nitrogens with zero attached hydrogens (tertiary/aromatic N) is 2. The second-order valence-electron chi connectivity index (χ2n) is 9.40. The van der Waals surface area contributed by atoms with Crippen molar-refractivity contribution in [3.63, 3.8) is 0 Å². The number of rotatable bonds is 11. The van der Waals surface area contributed by atoms with E-state index < -0.39 is 28.5 Å². The Kier molecular flexibility index (Phi) is 9.94. The van der Waals surface area contributed by atoms with Gasteiger partial charge in [0.15, 0.2) is 0 Å². The fourth-order valence-corrected chi connectivity index (χ4v) is 5.59. The van der Waals surface area contributed by atoms with E-state index in [4.69, 9.17) is 11.6 Å². The van der Waals surface area contributed by atoms with Crippen molar-refractivity contribution in [2.24, 2.45) is 0 Å². The summed E-state index contributed by atoms with van der Waals surface area (Å²) in [4.78, 5) is 28.5. The number of benzene rings is 3. The molecular formula is C29H34ClN3O4S. The highest BCUT2D eigenvalue weighted by Crippen LogP contribution is 2.25. The van der Waals surface area contributed by atoms with E-state index in [1.165, 1.54) is 29.2 Å². The molecule has 1 atom stereocenters. The summed E-state index contributed by atoms with van der Waals surface area (Å²) in [7, 11) is -4.12. The SMILES string of the molecule is CCC(C(=O)NC(C)C)N(Cc1ccc(C)cc1)C(=O)CN(c1ccccc1)S(=O)(=O)c1ccc(Cl)cc1. The van der Waals surface area contributed by atoms with Gasteiger partial charge >= 0.3 is 0 Å². The fourth-order valence-electron chi connectivity index (χ4n) is 4.05. The smallest absolute Gasteiger partial charge is 0.264 e. The van der Waals surface area contributed by atoms with Crippen LogP contribution < -0.4 is 9.62 Å². The lowest BCUT2D eigenvalue weighted by molar-refractivity contribution is -0.140. The van der Waals surface area contributed by atoms with Crippen LogP contribution in [0.25, 0.3) is 0 Å². The predicted octanol–water partition coefficient (Wildman–Crippen LogP) is 5.18. The lowest BCUT2D eigenvalue weighted by Crippen LogP contribution is -2.53. The van der Waals surface area contributed by atoms with E-state index in [-0.39, 0.29) is 23.4 Å². The van der Waals surface area contributed by atoms with Crippen molar-refractivity contribution in [2.45, 2.75) is 57.6 Å².